The highest BCUT2D eigenvalue weighted by Gasteiger charge is 2.31. The molecule has 3 N–H and O–H groups in total. The van der Waals surface area contributed by atoms with Crippen molar-refractivity contribution in [2.45, 2.75) is 37.8 Å². The van der Waals surface area contributed by atoms with E-state index in [1.165, 1.54) is 18.4 Å². The number of rotatable bonds is 7. The zero-order chi connectivity index (χ0) is 22.9. The van der Waals surface area contributed by atoms with Crippen molar-refractivity contribution in [1.29, 1.82) is 0 Å². The summed E-state index contributed by atoms with van der Waals surface area (Å²) in [6, 6.07) is 9.26. The molecule has 32 heavy (non-hydrogen) atoms. The molecule has 0 saturated carbocycles. The minimum absolute atomic E-state index is 0.0812. The summed E-state index contributed by atoms with van der Waals surface area (Å²) in [5.41, 5.74) is 1.34. The molecule has 1 amide bonds. The molecule has 2 aliphatic rings. The molecule has 8 heteroatoms. The normalized spacial score (nSPS) is 23.6. The van der Waals surface area contributed by atoms with Gasteiger partial charge < -0.3 is 20.7 Å². The van der Waals surface area contributed by atoms with Crippen LogP contribution in [0.1, 0.15) is 37.3 Å². The van der Waals surface area contributed by atoms with Crippen molar-refractivity contribution in [2.75, 3.05) is 61.0 Å². The molecule has 0 aromatic heterocycles. The van der Waals surface area contributed by atoms with Crippen LogP contribution in [0.15, 0.2) is 29.3 Å². The van der Waals surface area contributed by atoms with Gasteiger partial charge in [-0.25, -0.2) is 0 Å². The lowest BCUT2D eigenvalue weighted by Gasteiger charge is -2.40. The highest BCUT2D eigenvalue weighted by Crippen LogP contribution is 2.35. The minimum Gasteiger partial charge on any atom is -0.497 e. The molecule has 0 aliphatic carbocycles. The Morgan fingerprint density at radius 1 is 1.16 bits per heavy atom. The van der Waals surface area contributed by atoms with Crippen LogP contribution in [0, 0.1) is 5.92 Å². The van der Waals surface area contributed by atoms with E-state index >= 15 is 0 Å². The fraction of sp³-hybridized carbons (Fsp3) is 0.667. The fourth-order valence-electron chi connectivity index (χ4n) is 4.93. The van der Waals surface area contributed by atoms with Gasteiger partial charge in [0.25, 0.3) is 0 Å². The summed E-state index contributed by atoms with van der Waals surface area (Å²) in [5, 5.41) is 9.89. The van der Waals surface area contributed by atoms with Gasteiger partial charge in [-0.05, 0) is 62.9 Å². The number of carbonyl (C=O) groups is 1. The number of nitrogens with zero attached hydrogens (tertiary/aromatic N) is 3. The Hall–Kier alpha value is -2.32. The summed E-state index contributed by atoms with van der Waals surface area (Å²) < 4.78 is 5.33. The van der Waals surface area contributed by atoms with E-state index in [4.69, 9.17) is 4.74 Å². The van der Waals surface area contributed by atoms with Crippen molar-refractivity contribution in [3.05, 3.63) is 29.8 Å². The Labute approximate surface area is 192 Å². The first-order chi connectivity index (χ1) is 15.5. The first-order valence-electron chi connectivity index (χ1n) is 11.8. The average molecular weight is 445 g/mol. The number of nitrogens with one attached hydrogen (secondary N) is 3. The zero-order valence-corrected chi connectivity index (χ0v) is 20.1. The number of piperidine rings is 2. The minimum atomic E-state index is 0.0812. The van der Waals surface area contributed by atoms with Crippen LogP contribution in [0.2, 0.25) is 0 Å². The number of hydrogen-bond acceptors (Lipinski definition) is 5. The molecule has 178 valence electrons. The van der Waals surface area contributed by atoms with E-state index in [9.17, 15) is 4.79 Å². The van der Waals surface area contributed by atoms with Gasteiger partial charge in [-0.1, -0.05) is 12.1 Å². The zero-order valence-electron chi connectivity index (χ0n) is 20.1. The number of hydrogen-bond donors (Lipinski definition) is 3. The van der Waals surface area contributed by atoms with Crippen molar-refractivity contribution in [2.24, 2.45) is 10.9 Å². The molecular weight excluding hydrogens is 404 g/mol. The van der Waals surface area contributed by atoms with Crippen molar-refractivity contribution in [1.82, 2.24) is 25.8 Å². The fourth-order valence-corrected chi connectivity index (χ4v) is 4.93. The Morgan fingerprint density at radius 2 is 1.88 bits per heavy atom. The van der Waals surface area contributed by atoms with Gasteiger partial charge in [0.1, 0.15) is 5.75 Å². The van der Waals surface area contributed by atoms with Crippen LogP contribution >= 0.6 is 0 Å². The van der Waals surface area contributed by atoms with Gasteiger partial charge in [0.15, 0.2) is 5.96 Å². The first kappa shape index (κ1) is 24.3. The second-order valence-electron chi connectivity index (χ2n) is 8.92. The van der Waals surface area contributed by atoms with E-state index in [2.05, 4.69) is 62.1 Å². The van der Waals surface area contributed by atoms with Crippen molar-refractivity contribution in [3.63, 3.8) is 0 Å². The van der Waals surface area contributed by atoms with Crippen LogP contribution in [0.25, 0.3) is 0 Å². The summed E-state index contributed by atoms with van der Waals surface area (Å²) in [6.07, 6.45) is 4.44. The second-order valence-corrected chi connectivity index (χ2v) is 8.92. The number of guanidine groups is 1. The molecular formula is C24H40N6O2. The molecule has 2 saturated heterocycles. The highest BCUT2D eigenvalue weighted by atomic mass is 16.5. The number of carbonyl (C=O) groups excluding carboxylic acids is 1. The summed E-state index contributed by atoms with van der Waals surface area (Å²) in [5.74, 6) is 2.36. The van der Waals surface area contributed by atoms with Crippen LogP contribution in [0.3, 0.4) is 0 Å². The van der Waals surface area contributed by atoms with Crippen LogP contribution < -0.4 is 20.7 Å². The quantitative estimate of drug-likeness (QED) is 0.436. The number of benzene rings is 1. The van der Waals surface area contributed by atoms with Gasteiger partial charge in [-0.2, -0.15) is 0 Å². The molecule has 0 spiro atoms. The molecule has 8 nitrogen and oxygen atoms in total. The first-order valence-corrected chi connectivity index (χ1v) is 11.8. The lowest BCUT2D eigenvalue weighted by molar-refractivity contribution is -0.122. The monoisotopic (exact) mass is 444 g/mol. The molecule has 1 aromatic rings. The van der Waals surface area contributed by atoms with Gasteiger partial charge in [-0.15, -0.1) is 0 Å². The SMILES string of the molecule is CN=C(NCC1CCCN(C)C1c1ccc(OC)cc1)NC1CCN(CC(=O)NC)CC1. The predicted octanol–water partition coefficient (Wildman–Crippen LogP) is 1.45. The third-order valence-electron chi connectivity index (χ3n) is 6.79. The summed E-state index contributed by atoms with van der Waals surface area (Å²) in [6.45, 7) is 4.34. The molecule has 2 atom stereocenters. The molecule has 2 unspecified atom stereocenters. The van der Waals surface area contributed by atoms with Crippen LogP contribution in [-0.2, 0) is 4.79 Å². The van der Waals surface area contributed by atoms with E-state index in [1.54, 1.807) is 14.2 Å². The third kappa shape index (κ3) is 6.59. The Balaban J connectivity index is 1.52. The van der Waals surface area contributed by atoms with Crippen molar-refractivity contribution in [3.8, 4) is 5.75 Å². The topological polar surface area (TPSA) is 81.2 Å². The lowest BCUT2D eigenvalue weighted by Crippen LogP contribution is -2.51. The predicted molar refractivity (Wildman–Crippen MR) is 129 cm³/mol. The molecule has 2 fully saturated rings. The Bertz CT molecular complexity index is 745. The summed E-state index contributed by atoms with van der Waals surface area (Å²) in [7, 11) is 7.46. The molecule has 2 aliphatic heterocycles. The highest BCUT2D eigenvalue weighted by molar-refractivity contribution is 5.80. The van der Waals surface area contributed by atoms with E-state index in [0.717, 1.165) is 50.7 Å². The van der Waals surface area contributed by atoms with E-state index in [0.29, 0.717) is 24.5 Å². The van der Waals surface area contributed by atoms with E-state index in [-0.39, 0.29) is 5.91 Å². The van der Waals surface area contributed by atoms with Gasteiger partial charge in [0.2, 0.25) is 5.91 Å². The van der Waals surface area contributed by atoms with Crippen molar-refractivity contribution < 1.29 is 9.53 Å². The van der Waals surface area contributed by atoms with Crippen LogP contribution in [-0.4, -0.2) is 88.7 Å². The van der Waals surface area contributed by atoms with E-state index < -0.39 is 0 Å². The van der Waals surface area contributed by atoms with Crippen LogP contribution in [0.5, 0.6) is 5.75 Å². The Kier molecular flexibility index (Phi) is 9.17. The summed E-state index contributed by atoms with van der Waals surface area (Å²) in [4.78, 5) is 20.8. The lowest BCUT2D eigenvalue weighted by atomic mass is 9.85. The Morgan fingerprint density at radius 3 is 2.50 bits per heavy atom. The van der Waals surface area contributed by atoms with E-state index in [1.807, 2.05) is 7.05 Å². The number of likely N-dealkylation sites (tertiary alicyclic amines) is 2. The number of aliphatic imine (C=N–C) groups is 1. The van der Waals surface area contributed by atoms with Gasteiger partial charge in [0.05, 0.1) is 13.7 Å². The number of ether oxygens (including phenoxy) is 1. The largest absolute Gasteiger partial charge is 0.497 e. The molecule has 1 aromatic carbocycles. The molecule has 2 heterocycles. The number of likely N-dealkylation sites (N-methyl/N-ethyl adjacent to an activating group) is 1. The van der Waals surface area contributed by atoms with Crippen LogP contribution in [0.4, 0.5) is 0 Å². The molecule has 0 radical (unpaired) electrons. The standard InChI is InChI=1S/C24H40N6O2/c1-25-22(31)17-30-14-11-20(12-15-30)28-24(26-2)27-16-19-6-5-13-29(3)23(19)18-7-9-21(32-4)10-8-18/h7-10,19-20,23H,5-6,11-17H2,1-4H3,(H,25,31)(H2,26,27,28). The molecule has 0 bridgehead atoms. The summed E-state index contributed by atoms with van der Waals surface area (Å²) >= 11 is 0. The molecule has 3 rings (SSSR count). The maximum Gasteiger partial charge on any atom is 0.233 e. The van der Waals surface area contributed by atoms with Gasteiger partial charge >= 0.3 is 0 Å². The second kappa shape index (κ2) is 12.1. The average Bonchev–Trinajstić information content (AvgIpc) is 2.83. The third-order valence-corrected chi connectivity index (χ3v) is 6.79. The van der Waals surface area contributed by atoms with Crippen molar-refractivity contribution >= 4 is 11.9 Å². The number of amides is 1. The smallest absolute Gasteiger partial charge is 0.233 e. The number of methoxy groups -OCH3 is 1. The van der Waals surface area contributed by atoms with Gasteiger partial charge in [-0.3, -0.25) is 19.6 Å². The maximum atomic E-state index is 11.6. The van der Waals surface area contributed by atoms with Gasteiger partial charge in [0, 0.05) is 45.8 Å². The maximum absolute atomic E-state index is 11.6.